The molecule has 5 heteroatoms. The first kappa shape index (κ1) is 20.7. The van der Waals surface area contributed by atoms with Crippen molar-refractivity contribution in [1.29, 1.82) is 0 Å². The number of ether oxygens (including phenoxy) is 1. The molecule has 126 valence electrons. The molecule has 1 rings (SSSR count). The van der Waals surface area contributed by atoms with Gasteiger partial charge in [-0.3, -0.25) is 4.79 Å². The van der Waals surface area contributed by atoms with Gasteiger partial charge in [-0.1, -0.05) is 26.7 Å². The van der Waals surface area contributed by atoms with Gasteiger partial charge < -0.3 is 15.4 Å². The first-order valence-corrected chi connectivity index (χ1v) is 8.16. The molecule has 0 saturated carbocycles. The van der Waals surface area contributed by atoms with Crippen LogP contribution < -0.4 is 10.6 Å². The van der Waals surface area contributed by atoms with Gasteiger partial charge in [0.15, 0.2) is 0 Å². The first-order chi connectivity index (χ1) is 9.67. The number of methoxy groups -OCH3 is 1. The Morgan fingerprint density at radius 1 is 1.38 bits per heavy atom. The van der Waals surface area contributed by atoms with Crippen LogP contribution in [0.15, 0.2) is 0 Å². The van der Waals surface area contributed by atoms with Crippen molar-refractivity contribution in [3.8, 4) is 0 Å². The Balaban J connectivity index is 0.00000400. The third kappa shape index (κ3) is 8.64. The van der Waals surface area contributed by atoms with E-state index in [0.717, 1.165) is 32.4 Å². The Morgan fingerprint density at radius 3 is 2.62 bits per heavy atom. The van der Waals surface area contributed by atoms with Crippen LogP contribution in [0.25, 0.3) is 0 Å². The quantitative estimate of drug-likeness (QED) is 0.687. The molecule has 2 atom stereocenters. The molecule has 0 spiro atoms. The average molecular weight is 321 g/mol. The topological polar surface area (TPSA) is 50.4 Å². The van der Waals surface area contributed by atoms with E-state index in [2.05, 4.69) is 24.5 Å². The van der Waals surface area contributed by atoms with Gasteiger partial charge in [-0.25, -0.2) is 0 Å². The summed E-state index contributed by atoms with van der Waals surface area (Å²) in [4.78, 5) is 12.2. The molecule has 1 fully saturated rings. The number of halogens is 1. The molecule has 1 amide bonds. The Bertz CT molecular complexity index is 265. The van der Waals surface area contributed by atoms with Crippen LogP contribution in [-0.4, -0.2) is 38.8 Å². The van der Waals surface area contributed by atoms with Gasteiger partial charge in [-0.15, -0.1) is 12.4 Å². The summed E-state index contributed by atoms with van der Waals surface area (Å²) in [5, 5.41) is 6.52. The van der Waals surface area contributed by atoms with Crippen LogP contribution in [-0.2, 0) is 9.53 Å². The number of piperidine rings is 1. The summed E-state index contributed by atoms with van der Waals surface area (Å²) in [5.41, 5.74) is 0. The van der Waals surface area contributed by atoms with Crippen LogP contribution in [0.1, 0.15) is 52.4 Å². The van der Waals surface area contributed by atoms with E-state index in [1.54, 1.807) is 7.11 Å². The molecule has 1 saturated heterocycles. The molecule has 1 heterocycles. The molecular formula is C16H33ClN2O2. The highest BCUT2D eigenvalue weighted by molar-refractivity contribution is 5.85. The predicted octanol–water partition coefficient (Wildman–Crippen LogP) is 2.76. The maximum atomic E-state index is 12.2. The molecule has 0 aromatic carbocycles. The van der Waals surface area contributed by atoms with Gasteiger partial charge >= 0.3 is 0 Å². The van der Waals surface area contributed by atoms with Gasteiger partial charge in [-0.2, -0.15) is 0 Å². The smallest absolute Gasteiger partial charge is 0.220 e. The van der Waals surface area contributed by atoms with E-state index in [9.17, 15) is 4.79 Å². The molecular weight excluding hydrogens is 288 g/mol. The summed E-state index contributed by atoms with van der Waals surface area (Å²) in [5.74, 6) is 1.36. The molecule has 0 aliphatic carbocycles. The zero-order valence-corrected chi connectivity index (χ0v) is 14.6. The number of hydrogen-bond donors (Lipinski definition) is 2. The van der Waals surface area contributed by atoms with E-state index in [1.165, 1.54) is 12.8 Å². The molecule has 1 aliphatic heterocycles. The van der Waals surface area contributed by atoms with E-state index in [0.29, 0.717) is 24.9 Å². The molecule has 0 aromatic rings. The highest BCUT2D eigenvalue weighted by atomic mass is 35.5. The summed E-state index contributed by atoms with van der Waals surface area (Å²) in [7, 11) is 1.70. The number of amides is 1. The van der Waals surface area contributed by atoms with E-state index in [4.69, 9.17) is 4.74 Å². The molecule has 2 unspecified atom stereocenters. The molecule has 0 bridgehead atoms. The molecule has 4 nitrogen and oxygen atoms in total. The van der Waals surface area contributed by atoms with E-state index < -0.39 is 0 Å². The van der Waals surface area contributed by atoms with Crippen LogP contribution in [0.3, 0.4) is 0 Å². The van der Waals surface area contributed by atoms with E-state index in [1.807, 2.05) is 0 Å². The van der Waals surface area contributed by atoms with Gasteiger partial charge in [-0.05, 0) is 44.2 Å². The van der Waals surface area contributed by atoms with Crippen molar-refractivity contribution < 1.29 is 9.53 Å². The number of hydrogen-bond acceptors (Lipinski definition) is 3. The Kier molecular flexibility index (Phi) is 12.1. The van der Waals surface area contributed by atoms with Gasteiger partial charge in [0, 0.05) is 13.5 Å². The standard InChI is InChI=1S/C16H32N2O2.ClH/c1-4-5-6-15(12-20-3)18-16(19)11-13(2)14-7-9-17-10-8-14;/h13-15,17H,4-12H2,1-3H3,(H,18,19);1H. The summed E-state index contributed by atoms with van der Waals surface area (Å²) in [6.07, 6.45) is 6.35. The molecule has 2 N–H and O–H groups in total. The molecule has 0 radical (unpaired) electrons. The number of nitrogens with one attached hydrogen (secondary N) is 2. The maximum absolute atomic E-state index is 12.2. The second-order valence-corrected chi connectivity index (χ2v) is 6.13. The fraction of sp³-hybridized carbons (Fsp3) is 0.938. The van der Waals surface area contributed by atoms with E-state index >= 15 is 0 Å². The highest BCUT2D eigenvalue weighted by Gasteiger charge is 2.22. The minimum atomic E-state index is 0. The fourth-order valence-corrected chi connectivity index (χ4v) is 3.01. The van der Waals surface area contributed by atoms with Crippen molar-refractivity contribution >= 4 is 18.3 Å². The zero-order chi connectivity index (χ0) is 14.8. The highest BCUT2D eigenvalue weighted by Crippen LogP contribution is 2.24. The summed E-state index contributed by atoms with van der Waals surface area (Å²) < 4.78 is 5.20. The van der Waals surface area contributed by atoms with Crippen molar-refractivity contribution in [1.82, 2.24) is 10.6 Å². The third-order valence-electron chi connectivity index (χ3n) is 4.34. The van der Waals surface area contributed by atoms with Crippen molar-refractivity contribution in [2.45, 2.75) is 58.4 Å². The van der Waals surface area contributed by atoms with E-state index in [-0.39, 0.29) is 24.4 Å². The van der Waals surface area contributed by atoms with Crippen LogP contribution in [0.5, 0.6) is 0 Å². The van der Waals surface area contributed by atoms with Gasteiger partial charge in [0.1, 0.15) is 0 Å². The van der Waals surface area contributed by atoms with Crippen molar-refractivity contribution in [3.05, 3.63) is 0 Å². The zero-order valence-electron chi connectivity index (χ0n) is 13.8. The number of carbonyl (C=O) groups is 1. The molecule has 1 aliphatic rings. The van der Waals surface area contributed by atoms with Crippen LogP contribution in [0.2, 0.25) is 0 Å². The van der Waals surface area contributed by atoms with Gasteiger partial charge in [0.25, 0.3) is 0 Å². The lowest BCUT2D eigenvalue weighted by molar-refractivity contribution is -0.123. The maximum Gasteiger partial charge on any atom is 0.220 e. The van der Waals surface area contributed by atoms with Crippen molar-refractivity contribution in [2.24, 2.45) is 11.8 Å². The predicted molar refractivity (Wildman–Crippen MR) is 90.0 cm³/mol. The van der Waals surface area contributed by atoms with Crippen molar-refractivity contribution in [2.75, 3.05) is 26.8 Å². The number of rotatable bonds is 9. The lowest BCUT2D eigenvalue weighted by Crippen LogP contribution is -2.40. The lowest BCUT2D eigenvalue weighted by Gasteiger charge is -2.28. The Hall–Kier alpha value is -0.320. The second-order valence-electron chi connectivity index (χ2n) is 6.13. The summed E-state index contributed by atoms with van der Waals surface area (Å²) in [6, 6.07) is 0.174. The summed E-state index contributed by atoms with van der Waals surface area (Å²) in [6.45, 7) is 7.20. The molecule has 0 aromatic heterocycles. The largest absolute Gasteiger partial charge is 0.383 e. The fourth-order valence-electron chi connectivity index (χ4n) is 3.01. The van der Waals surface area contributed by atoms with Gasteiger partial charge in [0.2, 0.25) is 5.91 Å². The monoisotopic (exact) mass is 320 g/mol. The SMILES string of the molecule is CCCCC(COC)NC(=O)CC(C)C1CCNCC1.Cl. The minimum absolute atomic E-state index is 0. The lowest BCUT2D eigenvalue weighted by atomic mass is 9.84. The Morgan fingerprint density at radius 2 is 2.05 bits per heavy atom. The van der Waals surface area contributed by atoms with Crippen LogP contribution in [0, 0.1) is 11.8 Å². The summed E-state index contributed by atoms with van der Waals surface area (Å²) >= 11 is 0. The van der Waals surface area contributed by atoms with Crippen LogP contribution >= 0.6 is 12.4 Å². The Labute approximate surface area is 136 Å². The van der Waals surface area contributed by atoms with Crippen molar-refractivity contribution in [3.63, 3.8) is 0 Å². The number of carbonyl (C=O) groups excluding carboxylic acids is 1. The third-order valence-corrected chi connectivity index (χ3v) is 4.34. The second kappa shape index (κ2) is 12.2. The normalized spacial score (nSPS) is 18.6. The molecule has 21 heavy (non-hydrogen) atoms. The first-order valence-electron chi connectivity index (χ1n) is 8.16. The number of unbranched alkanes of at least 4 members (excludes halogenated alkanes) is 1. The average Bonchev–Trinajstić information content (AvgIpc) is 2.45. The van der Waals surface area contributed by atoms with Gasteiger partial charge in [0.05, 0.1) is 12.6 Å². The minimum Gasteiger partial charge on any atom is -0.383 e. The van der Waals surface area contributed by atoms with Crippen LogP contribution in [0.4, 0.5) is 0 Å².